The van der Waals surface area contributed by atoms with Crippen molar-refractivity contribution in [1.82, 2.24) is 0 Å². The van der Waals surface area contributed by atoms with Crippen LogP contribution < -0.4 is 0 Å². The summed E-state index contributed by atoms with van der Waals surface area (Å²) in [5.41, 5.74) is 0.455. The fourth-order valence-electron chi connectivity index (χ4n) is 7.66. The summed E-state index contributed by atoms with van der Waals surface area (Å²) in [4.78, 5) is 0. The Labute approximate surface area is 130 Å². The first-order valence-corrected chi connectivity index (χ1v) is 9.79. The summed E-state index contributed by atoms with van der Waals surface area (Å²) in [6.07, 6.45) is 14.6. The van der Waals surface area contributed by atoms with E-state index in [2.05, 4.69) is 6.92 Å². The molecule has 4 fully saturated rings. The third kappa shape index (κ3) is 2.13. The maximum atomic E-state index is 10.2. The first kappa shape index (κ1) is 14.5. The molecule has 4 saturated carbocycles. The van der Waals surface area contributed by atoms with E-state index in [0.29, 0.717) is 11.3 Å². The minimum Gasteiger partial charge on any atom is -0.393 e. The maximum absolute atomic E-state index is 10.2. The van der Waals surface area contributed by atoms with Gasteiger partial charge in [-0.25, -0.2) is 0 Å². The van der Waals surface area contributed by atoms with Gasteiger partial charge in [0.05, 0.1) is 6.10 Å². The minimum atomic E-state index is -0.0948. The third-order valence-corrected chi connectivity index (χ3v) is 8.54. The predicted octanol–water partition coefficient (Wildman–Crippen LogP) is 5.03. The Bertz CT molecular complexity index is 389. The molecule has 4 rings (SSSR count). The van der Waals surface area contributed by atoms with Gasteiger partial charge in [0.1, 0.15) is 0 Å². The molecule has 8 atom stereocenters. The number of rotatable bonds is 1. The number of hydrogen-bond acceptors (Lipinski definition) is 1. The highest BCUT2D eigenvalue weighted by atomic mass is 16.3. The Balaban J connectivity index is 1.57. The molecule has 0 aliphatic heterocycles. The van der Waals surface area contributed by atoms with E-state index in [0.717, 1.165) is 29.6 Å². The van der Waals surface area contributed by atoms with E-state index >= 15 is 0 Å². The van der Waals surface area contributed by atoms with Crippen LogP contribution in [0.2, 0.25) is 0 Å². The molecule has 0 aromatic heterocycles. The molecule has 1 nitrogen and oxygen atoms in total. The SMILES string of the molecule is CC(O)C1CCC2C3CCC4CCCCC4C3CCC12C. The number of fused-ring (bicyclic) bond motifs is 5. The summed E-state index contributed by atoms with van der Waals surface area (Å²) in [6.45, 7) is 4.58. The predicted molar refractivity (Wildman–Crippen MR) is 86.9 cm³/mol. The summed E-state index contributed by atoms with van der Waals surface area (Å²) in [5.74, 6) is 5.72. The first-order chi connectivity index (χ1) is 10.1. The molecule has 21 heavy (non-hydrogen) atoms. The van der Waals surface area contributed by atoms with Crippen molar-refractivity contribution >= 4 is 0 Å². The van der Waals surface area contributed by atoms with Crippen LogP contribution in [0, 0.1) is 40.9 Å². The lowest BCUT2D eigenvalue weighted by Gasteiger charge is -2.56. The molecular weight excluding hydrogens is 256 g/mol. The van der Waals surface area contributed by atoms with Crippen molar-refractivity contribution in [3.8, 4) is 0 Å². The smallest absolute Gasteiger partial charge is 0.0545 e. The van der Waals surface area contributed by atoms with E-state index in [1.165, 1.54) is 64.2 Å². The van der Waals surface area contributed by atoms with Gasteiger partial charge in [-0.2, -0.15) is 0 Å². The lowest BCUT2D eigenvalue weighted by Crippen LogP contribution is -2.49. The van der Waals surface area contributed by atoms with Crippen LogP contribution in [0.25, 0.3) is 0 Å². The second-order valence-corrected chi connectivity index (χ2v) is 9.19. The topological polar surface area (TPSA) is 20.2 Å². The van der Waals surface area contributed by atoms with Crippen molar-refractivity contribution < 1.29 is 5.11 Å². The van der Waals surface area contributed by atoms with Crippen LogP contribution in [0.15, 0.2) is 0 Å². The van der Waals surface area contributed by atoms with Crippen LogP contribution in [-0.2, 0) is 0 Å². The van der Waals surface area contributed by atoms with Crippen molar-refractivity contribution in [2.24, 2.45) is 40.9 Å². The molecule has 0 aromatic rings. The van der Waals surface area contributed by atoms with E-state index in [1.807, 2.05) is 6.92 Å². The van der Waals surface area contributed by atoms with Crippen molar-refractivity contribution in [2.75, 3.05) is 0 Å². The molecule has 0 heterocycles. The van der Waals surface area contributed by atoms with Gasteiger partial charge in [-0.1, -0.05) is 26.2 Å². The van der Waals surface area contributed by atoms with Gasteiger partial charge in [-0.3, -0.25) is 0 Å². The summed E-state index contributed by atoms with van der Waals surface area (Å²) < 4.78 is 0. The highest BCUT2D eigenvalue weighted by Crippen LogP contribution is 2.64. The average Bonchev–Trinajstić information content (AvgIpc) is 2.84. The van der Waals surface area contributed by atoms with Gasteiger partial charge in [0.25, 0.3) is 0 Å². The monoisotopic (exact) mass is 290 g/mol. The zero-order chi connectivity index (χ0) is 14.6. The highest BCUT2D eigenvalue weighted by molar-refractivity contribution is 5.06. The summed E-state index contributed by atoms with van der Waals surface area (Å²) in [7, 11) is 0. The lowest BCUT2D eigenvalue weighted by molar-refractivity contribution is -0.0775. The van der Waals surface area contributed by atoms with Gasteiger partial charge in [0.2, 0.25) is 0 Å². The van der Waals surface area contributed by atoms with Crippen LogP contribution in [0.4, 0.5) is 0 Å². The van der Waals surface area contributed by atoms with Gasteiger partial charge < -0.3 is 5.11 Å². The van der Waals surface area contributed by atoms with Crippen LogP contribution in [-0.4, -0.2) is 11.2 Å². The zero-order valence-electron chi connectivity index (χ0n) is 14.1. The fourth-order valence-corrected chi connectivity index (χ4v) is 7.66. The molecule has 0 spiro atoms. The molecule has 1 heteroatoms. The quantitative estimate of drug-likeness (QED) is 0.718. The van der Waals surface area contributed by atoms with Crippen molar-refractivity contribution in [3.63, 3.8) is 0 Å². The van der Waals surface area contributed by atoms with E-state index in [1.54, 1.807) is 0 Å². The first-order valence-electron chi connectivity index (χ1n) is 9.79. The van der Waals surface area contributed by atoms with Crippen molar-refractivity contribution in [3.05, 3.63) is 0 Å². The Kier molecular flexibility index (Phi) is 3.64. The Morgan fingerprint density at radius 2 is 1.67 bits per heavy atom. The lowest BCUT2D eigenvalue weighted by atomic mass is 9.49. The molecule has 0 aromatic carbocycles. The highest BCUT2D eigenvalue weighted by Gasteiger charge is 2.57. The van der Waals surface area contributed by atoms with Gasteiger partial charge in [0.15, 0.2) is 0 Å². The summed E-state index contributed by atoms with van der Waals surface area (Å²) >= 11 is 0. The van der Waals surface area contributed by atoms with Crippen LogP contribution in [0.3, 0.4) is 0 Å². The van der Waals surface area contributed by atoms with E-state index in [9.17, 15) is 5.11 Å². The van der Waals surface area contributed by atoms with E-state index in [-0.39, 0.29) is 6.10 Å². The van der Waals surface area contributed by atoms with E-state index in [4.69, 9.17) is 0 Å². The number of aliphatic hydroxyl groups excluding tert-OH is 1. The molecule has 0 amide bonds. The Hall–Kier alpha value is -0.0400. The van der Waals surface area contributed by atoms with Crippen LogP contribution >= 0.6 is 0 Å². The molecule has 0 radical (unpaired) electrons. The average molecular weight is 290 g/mol. The molecule has 0 saturated heterocycles. The normalized spacial score (nSPS) is 54.4. The summed E-state index contributed by atoms with van der Waals surface area (Å²) in [5, 5.41) is 10.2. The standard InChI is InChI=1S/C20H34O/c1-13(21)18-9-10-19-17-8-7-14-5-3-4-6-15(14)16(17)11-12-20(18,19)2/h13-19,21H,3-12H2,1-2H3. The van der Waals surface area contributed by atoms with Gasteiger partial charge >= 0.3 is 0 Å². The second-order valence-electron chi connectivity index (χ2n) is 9.19. The minimum absolute atomic E-state index is 0.0948. The molecule has 1 N–H and O–H groups in total. The van der Waals surface area contributed by atoms with Crippen LogP contribution in [0.1, 0.15) is 78.1 Å². The number of aliphatic hydroxyl groups is 1. The van der Waals surface area contributed by atoms with Crippen molar-refractivity contribution in [1.29, 1.82) is 0 Å². The third-order valence-electron chi connectivity index (χ3n) is 8.54. The molecule has 4 aliphatic carbocycles. The maximum Gasteiger partial charge on any atom is 0.0545 e. The van der Waals surface area contributed by atoms with E-state index < -0.39 is 0 Å². The molecule has 4 aliphatic rings. The van der Waals surface area contributed by atoms with Crippen molar-refractivity contribution in [2.45, 2.75) is 84.2 Å². The molecule has 0 bridgehead atoms. The van der Waals surface area contributed by atoms with Gasteiger partial charge in [0, 0.05) is 0 Å². The number of hydrogen-bond donors (Lipinski definition) is 1. The van der Waals surface area contributed by atoms with Crippen LogP contribution in [0.5, 0.6) is 0 Å². The zero-order valence-corrected chi connectivity index (χ0v) is 14.1. The Morgan fingerprint density at radius 1 is 0.857 bits per heavy atom. The summed E-state index contributed by atoms with van der Waals surface area (Å²) in [6, 6.07) is 0. The fraction of sp³-hybridized carbons (Fsp3) is 1.00. The largest absolute Gasteiger partial charge is 0.393 e. The second kappa shape index (κ2) is 5.25. The van der Waals surface area contributed by atoms with Gasteiger partial charge in [-0.15, -0.1) is 0 Å². The van der Waals surface area contributed by atoms with Gasteiger partial charge in [-0.05, 0) is 92.8 Å². The molecule has 8 unspecified atom stereocenters. The Morgan fingerprint density at radius 3 is 2.48 bits per heavy atom. The molecular formula is C20H34O. The molecule has 120 valence electrons.